The molecule has 0 saturated carbocycles. The van der Waals surface area contributed by atoms with Crippen molar-refractivity contribution in [3.8, 4) is 0 Å². The third-order valence-corrected chi connectivity index (χ3v) is 4.68. The zero-order valence-corrected chi connectivity index (χ0v) is 14.5. The second-order valence-corrected chi connectivity index (χ2v) is 6.71. The average Bonchev–Trinajstić information content (AvgIpc) is 3.02. The van der Waals surface area contributed by atoms with Gasteiger partial charge >= 0.3 is 0 Å². The number of carbonyl (C=O) groups is 2. The molecule has 0 aliphatic rings. The summed E-state index contributed by atoms with van der Waals surface area (Å²) in [7, 11) is 0. The van der Waals surface area contributed by atoms with E-state index in [-0.39, 0.29) is 24.3 Å². The molecule has 2 aromatic rings. The van der Waals surface area contributed by atoms with Crippen molar-refractivity contribution in [3.63, 3.8) is 0 Å². The van der Waals surface area contributed by atoms with Crippen molar-refractivity contribution in [2.24, 2.45) is 0 Å². The van der Waals surface area contributed by atoms with Crippen LogP contribution < -0.4 is 10.6 Å². The van der Waals surface area contributed by atoms with Gasteiger partial charge in [-0.15, -0.1) is 11.3 Å². The summed E-state index contributed by atoms with van der Waals surface area (Å²) in [6.45, 7) is 2.27. The molecule has 2 N–H and O–H groups in total. The Balaban J connectivity index is 1.72. The summed E-state index contributed by atoms with van der Waals surface area (Å²) in [6.07, 6.45) is 0.262. The van der Waals surface area contributed by atoms with E-state index in [1.54, 1.807) is 23.5 Å². The topological polar surface area (TPSA) is 58.2 Å². The van der Waals surface area contributed by atoms with Crippen molar-refractivity contribution in [1.29, 1.82) is 0 Å². The lowest BCUT2D eigenvalue weighted by molar-refractivity contribution is -0.121. The lowest BCUT2D eigenvalue weighted by atomic mass is 10.2. The molecule has 2 rings (SSSR count). The van der Waals surface area contributed by atoms with Crippen LogP contribution >= 0.6 is 27.3 Å². The van der Waals surface area contributed by atoms with Crippen molar-refractivity contribution in [1.82, 2.24) is 10.6 Å². The number of hydrogen-bond acceptors (Lipinski definition) is 3. The molecule has 1 heterocycles. The molecule has 0 bridgehead atoms. The van der Waals surface area contributed by atoms with Gasteiger partial charge in [-0.1, -0.05) is 22.0 Å². The largest absolute Gasteiger partial charge is 0.352 e. The molecule has 1 aromatic heterocycles. The highest BCUT2D eigenvalue weighted by atomic mass is 79.9. The maximum atomic E-state index is 11.9. The Labute approximate surface area is 142 Å². The van der Waals surface area contributed by atoms with Crippen LogP contribution in [0.2, 0.25) is 0 Å². The van der Waals surface area contributed by atoms with Crippen LogP contribution in [-0.2, 0) is 4.79 Å². The molecule has 116 valence electrons. The van der Waals surface area contributed by atoms with Gasteiger partial charge in [-0.05, 0) is 42.6 Å². The Morgan fingerprint density at radius 2 is 1.95 bits per heavy atom. The number of rotatable bonds is 6. The first-order valence-corrected chi connectivity index (χ1v) is 8.60. The van der Waals surface area contributed by atoms with Crippen LogP contribution in [0.1, 0.15) is 34.6 Å². The Hall–Kier alpha value is -1.66. The normalized spacial score (nSPS) is 11.7. The predicted molar refractivity (Wildman–Crippen MR) is 92.0 cm³/mol. The van der Waals surface area contributed by atoms with Gasteiger partial charge in [0, 0.05) is 27.9 Å². The maximum Gasteiger partial charge on any atom is 0.251 e. The minimum Gasteiger partial charge on any atom is -0.352 e. The van der Waals surface area contributed by atoms with Gasteiger partial charge in [-0.2, -0.15) is 0 Å². The van der Waals surface area contributed by atoms with Crippen molar-refractivity contribution in [3.05, 3.63) is 56.7 Å². The Kier molecular flexibility index (Phi) is 6.15. The van der Waals surface area contributed by atoms with Crippen molar-refractivity contribution in [2.45, 2.75) is 19.4 Å². The third-order valence-electron chi connectivity index (χ3n) is 3.09. The monoisotopic (exact) mass is 380 g/mol. The van der Waals surface area contributed by atoms with Crippen LogP contribution in [0.25, 0.3) is 0 Å². The standard InChI is InChI=1S/C16H17BrN2O2S/c1-11(14-3-2-10-22-14)19-15(20)8-9-18-16(21)12-4-6-13(17)7-5-12/h2-7,10-11H,8-9H2,1H3,(H,18,21)(H,19,20). The SMILES string of the molecule is CC(NC(=O)CCNC(=O)c1ccc(Br)cc1)c1cccs1. The van der Waals surface area contributed by atoms with Crippen molar-refractivity contribution >= 4 is 39.1 Å². The van der Waals surface area contributed by atoms with E-state index < -0.39 is 0 Å². The van der Waals surface area contributed by atoms with Crippen molar-refractivity contribution in [2.75, 3.05) is 6.54 Å². The lowest BCUT2D eigenvalue weighted by Gasteiger charge is -2.12. The Bertz CT molecular complexity index is 626. The van der Waals surface area contributed by atoms with Crippen LogP contribution in [0.4, 0.5) is 0 Å². The van der Waals surface area contributed by atoms with Gasteiger partial charge in [0.15, 0.2) is 0 Å². The van der Waals surface area contributed by atoms with Gasteiger partial charge in [0.25, 0.3) is 5.91 Å². The molecule has 1 aromatic carbocycles. The van der Waals surface area contributed by atoms with Gasteiger partial charge in [0.05, 0.1) is 6.04 Å². The van der Waals surface area contributed by atoms with Gasteiger partial charge in [-0.3, -0.25) is 9.59 Å². The third kappa shape index (κ3) is 4.96. The Morgan fingerprint density at radius 3 is 2.59 bits per heavy atom. The fourth-order valence-corrected chi connectivity index (χ4v) is 2.91. The van der Waals surface area contributed by atoms with Crippen LogP contribution in [0.15, 0.2) is 46.3 Å². The quantitative estimate of drug-likeness (QED) is 0.805. The highest BCUT2D eigenvalue weighted by Crippen LogP contribution is 2.17. The molecule has 1 atom stereocenters. The lowest BCUT2D eigenvalue weighted by Crippen LogP contribution is -2.31. The van der Waals surface area contributed by atoms with E-state index in [0.29, 0.717) is 12.1 Å². The van der Waals surface area contributed by atoms with E-state index in [2.05, 4.69) is 26.6 Å². The minimum absolute atomic E-state index is 0.00493. The summed E-state index contributed by atoms with van der Waals surface area (Å²) in [6, 6.07) is 11.0. The molecule has 1 unspecified atom stereocenters. The number of halogens is 1. The summed E-state index contributed by atoms with van der Waals surface area (Å²) < 4.78 is 0.922. The molecule has 6 heteroatoms. The highest BCUT2D eigenvalue weighted by Gasteiger charge is 2.11. The molecular weight excluding hydrogens is 364 g/mol. The second-order valence-electron chi connectivity index (χ2n) is 4.82. The number of carbonyl (C=O) groups excluding carboxylic acids is 2. The first-order valence-electron chi connectivity index (χ1n) is 6.93. The summed E-state index contributed by atoms with van der Waals surface area (Å²) in [5.74, 6) is -0.247. The fraction of sp³-hybridized carbons (Fsp3) is 0.250. The Morgan fingerprint density at radius 1 is 1.23 bits per heavy atom. The van der Waals surface area contributed by atoms with Crippen LogP contribution in [0.3, 0.4) is 0 Å². The first-order chi connectivity index (χ1) is 10.6. The van der Waals surface area contributed by atoms with Gasteiger partial charge in [0.2, 0.25) is 5.91 Å². The maximum absolute atomic E-state index is 11.9. The minimum atomic E-state index is -0.174. The molecule has 22 heavy (non-hydrogen) atoms. The summed E-state index contributed by atoms with van der Waals surface area (Å²) >= 11 is 4.93. The average molecular weight is 381 g/mol. The van der Waals surface area contributed by atoms with E-state index in [0.717, 1.165) is 9.35 Å². The van der Waals surface area contributed by atoms with E-state index in [4.69, 9.17) is 0 Å². The smallest absolute Gasteiger partial charge is 0.251 e. The van der Waals surface area contributed by atoms with Crippen molar-refractivity contribution < 1.29 is 9.59 Å². The summed E-state index contributed by atoms with van der Waals surface area (Å²) in [5.41, 5.74) is 0.579. The number of benzene rings is 1. The number of nitrogens with one attached hydrogen (secondary N) is 2. The van der Waals surface area contributed by atoms with E-state index in [1.807, 2.05) is 36.6 Å². The molecule has 0 saturated heterocycles. The highest BCUT2D eigenvalue weighted by molar-refractivity contribution is 9.10. The molecular formula is C16H17BrN2O2S. The molecule has 0 aliphatic heterocycles. The van der Waals surface area contributed by atoms with Crippen LogP contribution in [0.5, 0.6) is 0 Å². The summed E-state index contributed by atoms with van der Waals surface area (Å²) in [4.78, 5) is 24.9. The van der Waals surface area contributed by atoms with Crippen LogP contribution in [0, 0.1) is 0 Å². The van der Waals surface area contributed by atoms with E-state index in [1.165, 1.54) is 0 Å². The molecule has 0 spiro atoms. The molecule has 0 fully saturated rings. The molecule has 0 aliphatic carbocycles. The fourth-order valence-electron chi connectivity index (χ4n) is 1.92. The molecule has 0 radical (unpaired) electrons. The number of hydrogen-bond donors (Lipinski definition) is 2. The summed E-state index contributed by atoms with van der Waals surface area (Å²) in [5, 5.41) is 7.64. The van der Waals surface area contributed by atoms with Gasteiger partial charge < -0.3 is 10.6 Å². The van der Waals surface area contributed by atoms with Crippen LogP contribution in [-0.4, -0.2) is 18.4 Å². The number of amides is 2. The van der Waals surface area contributed by atoms with Gasteiger partial charge in [-0.25, -0.2) is 0 Å². The first kappa shape index (κ1) is 16.7. The predicted octanol–water partition coefficient (Wildman–Crippen LogP) is 3.51. The molecule has 2 amide bonds. The van der Waals surface area contributed by atoms with Gasteiger partial charge in [0.1, 0.15) is 0 Å². The zero-order valence-electron chi connectivity index (χ0n) is 12.1. The second kappa shape index (κ2) is 8.10. The number of thiophene rings is 1. The zero-order chi connectivity index (χ0) is 15.9. The van der Waals surface area contributed by atoms with E-state index >= 15 is 0 Å². The molecule has 4 nitrogen and oxygen atoms in total. The van der Waals surface area contributed by atoms with E-state index in [9.17, 15) is 9.59 Å².